The van der Waals surface area contributed by atoms with Gasteiger partial charge in [0.15, 0.2) is 0 Å². The fraction of sp³-hybridized carbons (Fsp3) is 0.417. The van der Waals surface area contributed by atoms with E-state index < -0.39 is 8.07 Å². The lowest BCUT2D eigenvalue weighted by Gasteiger charge is -2.23. The molecular weight excluding hydrogens is 476 g/mol. The van der Waals surface area contributed by atoms with Gasteiger partial charge in [-0.1, -0.05) is 90.3 Å². The van der Waals surface area contributed by atoms with Crippen LogP contribution in [0.5, 0.6) is 0 Å². The lowest BCUT2D eigenvalue weighted by molar-refractivity contribution is 0.589. The van der Waals surface area contributed by atoms with Crippen LogP contribution in [-0.2, 0) is 11.8 Å². The first-order chi connectivity index (χ1) is 12.3. The summed E-state index contributed by atoms with van der Waals surface area (Å²) >= 11 is 7.57. The average Bonchev–Trinajstić information content (AvgIpc) is 2.49. The zero-order chi connectivity index (χ0) is 20.6. The lowest BCUT2D eigenvalue weighted by Crippen LogP contribution is -2.16. The molecule has 2 aromatic carbocycles. The number of halogens is 2. The molecule has 144 valence electrons. The van der Waals surface area contributed by atoms with Crippen molar-refractivity contribution in [2.24, 2.45) is 0 Å². The summed E-state index contributed by atoms with van der Waals surface area (Å²) in [6.07, 6.45) is 0.908. The molecule has 0 amide bonds. The van der Waals surface area contributed by atoms with E-state index in [9.17, 15) is 0 Å². The van der Waals surface area contributed by atoms with Crippen LogP contribution in [0.1, 0.15) is 54.2 Å². The standard InChI is InChI=1S/C24H30Br2Si/c1-16-11-19(24(3,4)5)12-17(2)20(16)15-21-22(25)13-18(14-23(21)26)9-10-27(6,7)8/h11-14H,15H2,1-8H3. The van der Waals surface area contributed by atoms with Crippen molar-refractivity contribution < 1.29 is 0 Å². The van der Waals surface area contributed by atoms with Crippen LogP contribution < -0.4 is 0 Å². The highest BCUT2D eigenvalue weighted by molar-refractivity contribution is 9.11. The maximum absolute atomic E-state index is 3.78. The monoisotopic (exact) mass is 504 g/mol. The van der Waals surface area contributed by atoms with Gasteiger partial charge in [0, 0.05) is 20.9 Å². The van der Waals surface area contributed by atoms with Crippen molar-refractivity contribution >= 4 is 39.9 Å². The third kappa shape index (κ3) is 6.08. The maximum atomic E-state index is 3.78. The summed E-state index contributed by atoms with van der Waals surface area (Å²) in [6.45, 7) is 18.1. The molecule has 0 aliphatic carbocycles. The molecule has 27 heavy (non-hydrogen) atoms. The Hall–Kier alpha value is -0.823. The minimum atomic E-state index is -1.38. The number of benzene rings is 2. The molecule has 0 aliphatic rings. The molecule has 0 aliphatic heterocycles. The van der Waals surface area contributed by atoms with Crippen LogP contribution in [0, 0.1) is 25.3 Å². The Balaban J connectivity index is 2.42. The van der Waals surface area contributed by atoms with Crippen LogP contribution >= 0.6 is 31.9 Å². The lowest BCUT2D eigenvalue weighted by atomic mass is 9.83. The molecule has 2 aromatic rings. The first kappa shape index (κ1) is 22.5. The van der Waals surface area contributed by atoms with E-state index in [1.807, 2.05) is 0 Å². The van der Waals surface area contributed by atoms with Gasteiger partial charge < -0.3 is 0 Å². The molecule has 0 saturated carbocycles. The summed E-state index contributed by atoms with van der Waals surface area (Å²) in [5.74, 6) is 3.36. The fourth-order valence-corrected chi connectivity index (χ4v) is 4.97. The zero-order valence-corrected chi connectivity index (χ0v) is 21.9. The van der Waals surface area contributed by atoms with Gasteiger partial charge in [-0.2, -0.15) is 0 Å². The molecule has 0 unspecified atom stereocenters. The average molecular weight is 506 g/mol. The second-order valence-electron chi connectivity index (χ2n) is 9.43. The van der Waals surface area contributed by atoms with Crippen LogP contribution in [0.3, 0.4) is 0 Å². The highest BCUT2D eigenvalue weighted by Crippen LogP contribution is 2.33. The normalized spacial score (nSPS) is 11.9. The van der Waals surface area contributed by atoms with Crippen molar-refractivity contribution in [2.75, 3.05) is 0 Å². The molecule has 0 aromatic heterocycles. The molecule has 0 saturated heterocycles. The van der Waals surface area contributed by atoms with Gasteiger partial charge in [-0.25, -0.2) is 0 Å². The maximum Gasteiger partial charge on any atom is 0.129 e. The Morgan fingerprint density at radius 3 is 1.74 bits per heavy atom. The van der Waals surface area contributed by atoms with Gasteiger partial charge in [0.25, 0.3) is 0 Å². The number of rotatable bonds is 2. The Morgan fingerprint density at radius 1 is 0.852 bits per heavy atom. The van der Waals surface area contributed by atoms with Gasteiger partial charge in [-0.05, 0) is 59.2 Å². The zero-order valence-electron chi connectivity index (χ0n) is 17.8. The van der Waals surface area contributed by atoms with Gasteiger partial charge in [0.05, 0.1) is 0 Å². The minimum Gasteiger partial charge on any atom is -0.127 e. The van der Waals surface area contributed by atoms with Crippen LogP contribution in [-0.4, -0.2) is 8.07 Å². The van der Waals surface area contributed by atoms with Crippen molar-refractivity contribution in [3.8, 4) is 11.5 Å². The Labute approximate surface area is 183 Å². The molecule has 2 rings (SSSR count). The van der Waals surface area contributed by atoms with Crippen molar-refractivity contribution in [2.45, 2.75) is 66.1 Å². The third-order valence-corrected chi connectivity index (χ3v) is 6.93. The summed E-state index contributed by atoms with van der Waals surface area (Å²) in [7, 11) is -1.38. The number of hydrogen-bond acceptors (Lipinski definition) is 0. The number of hydrogen-bond donors (Lipinski definition) is 0. The second-order valence-corrected chi connectivity index (χ2v) is 15.9. The Morgan fingerprint density at radius 2 is 1.33 bits per heavy atom. The molecule has 0 bridgehead atoms. The molecule has 3 heteroatoms. The van der Waals surface area contributed by atoms with E-state index in [-0.39, 0.29) is 5.41 Å². The van der Waals surface area contributed by atoms with Crippen molar-refractivity contribution in [3.63, 3.8) is 0 Å². The smallest absolute Gasteiger partial charge is 0.127 e. The summed E-state index contributed by atoms with van der Waals surface area (Å²) in [5, 5.41) is 0. The van der Waals surface area contributed by atoms with Gasteiger partial charge in [0.2, 0.25) is 0 Å². The summed E-state index contributed by atoms with van der Waals surface area (Å²) in [4.78, 5) is 0. The van der Waals surface area contributed by atoms with Gasteiger partial charge in [0.1, 0.15) is 8.07 Å². The Kier molecular flexibility index (Phi) is 6.88. The molecule has 0 spiro atoms. The predicted octanol–water partition coefficient (Wildman–Crippen LogP) is 7.95. The summed E-state index contributed by atoms with van der Waals surface area (Å²) in [6, 6.07) is 9.00. The van der Waals surface area contributed by atoms with Crippen LogP contribution in [0.25, 0.3) is 0 Å². The van der Waals surface area contributed by atoms with Gasteiger partial charge >= 0.3 is 0 Å². The molecule has 0 fully saturated rings. The first-order valence-corrected chi connectivity index (χ1v) is 14.5. The quantitative estimate of drug-likeness (QED) is 0.287. The molecule has 0 heterocycles. The largest absolute Gasteiger partial charge is 0.129 e. The minimum absolute atomic E-state index is 0.173. The molecule has 0 radical (unpaired) electrons. The van der Waals surface area contributed by atoms with Crippen LogP contribution in [0.2, 0.25) is 19.6 Å². The van der Waals surface area contributed by atoms with Crippen molar-refractivity contribution in [1.82, 2.24) is 0 Å². The van der Waals surface area contributed by atoms with E-state index in [1.54, 1.807) is 0 Å². The van der Waals surface area contributed by atoms with E-state index in [0.717, 1.165) is 20.9 Å². The van der Waals surface area contributed by atoms with Crippen molar-refractivity contribution in [3.05, 3.63) is 66.6 Å². The van der Waals surface area contributed by atoms with Gasteiger partial charge in [-0.3, -0.25) is 0 Å². The van der Waals surface area contributed by atoms with Crippen LogP contribution in [0.15, 0.2) is 33.2 Å². The van der Waals surface area contributed by atoms with E-state index >= 15 is 0 Å². The first-order valence-electron chi connectivity index (χ1n) is 9.39. The van der Waals surface area contributed by atoms with Crippen molar-refractivity contribution in [1.29, 1.82) is 0 Å². The predicted molar refractivity (Wildman–Crippen MR) is 129 cm³/mol. The summed E-state index contributed by atoms with van der Waals surface area (Å²) in [5.41, 5.74) is 11.5. The van der Waals surface area contributed by atoms with E-state index in [4.69, 9.17) is 0 Å². The molecule has 0 nitrogen and oxygen atoms in total. The molecule has 0 atom stereocenters. The Bertz CT molecular complexity index is 870. The third-order valence-electron chi connectivity index (χ3n) is 4.64. The van der Waals surface area contributed by atoms with Crippen LogP contribution in [0.4, 0.5) is 0 Å². The number of aryl methyl sites for hydroxylation is 2. The SMILES string of the molecule is Cc1cc(C(C)(C)C)cc(C)c1Cc1c(Br)cc(C#C[Si](C)(C)C)cc1Br. The van der Waals surface area contributed by atoms with E-state index in [2.05, 4.69) is 122 Å². The summed E-state index contributed by atoms with van der Waals surface area (Å²) < 4.78 is 2.24. The highest BCUT2D eigenvalue weighted by Gasteiger charge is 2.18. The molecular formula is C24H30Br2Si. The second kappa shape index (κ2) is 8.27. The van der Waals surface area contributed by atoms with Gasteiger partial charge in [-0.15, -0.1) is 5.54 Å². The fourth-order valence-electron chi connectivity index (χ4n) is 2.99. The topological polar surface area (TPSA) is 0 Å². The van der Waals surface area contributed by atoms with E-state index in [1.165, 1.54) is 27.8 Å². The van der Waals surface area contributed by atoms with E-state index in [0.29, 0.717) is 0 Å². The molecule has 0 N–H and O–H groups in total. The highest BCUT2D eigenvalue weighted by atomic mass is 79.9.